The standard InChI is InChI=1S/C13H15ClFNO3S/c14-9-3-8-4-11(6-17)16(13(8)12(15)5-9)10-1-2-20(18,19)7-10/h3-5,10,17-19H,1-2,6-7H2. The molecule has 1 aromatic heterocycles. The molecule has 20 heavy (non-hydrogen) atoms. The molecule has 0 radical (unpaired) electrons. The first-order chi connectivity index (χ1) is 9.41. The number of aromatic nitrogens is 1. The molecule has 0 spiro atoms. The maximum atomic E-state index is 14.2. The van der Waals surface area contributed by atoms with Crippen LogP contribution < -0.4 is 0 Å². The molecule has 2 aromatic rings. The van der Waals surface area contributed by atoms with Gasteiger partial charge in [0.05, 0.1) is 23.9 Å². The summed E-state index contributed by atoms with van der Waals surface area (Å²) in [4.78, 5) is 0. The number of halogens is 2. The smallest absolute Gasteiger partial charge is 0.148 e. The molecule has 4 nitrogen and oxygen atoms in total. The van der Waals surface area contributed by atoms with Crippen LogP contribution in [0, 0.1) is 5.82 Å². The molecule has 1 fully saturated rings. The molecule has 1 aromatic carbocycles. The summed E-state index contributed by atoms with van der Waals surface area (Å²) >= 11 is 5.85. The Morgan fingerprint density at radius 1 is 1.35 bits per heavy atom. The summed E-state index contributed by atoms with van der Waals surface area (Å²) in [6.45, 7) is -0.235. The summed E-state index contributed by atoms with van der Waals surface area (Å²) in [6, 6.07) is 4.35. The molecule has 3 rings (SSSR count). The number of benzene rings is 1. The molecule has 1 aliphatic heterocycles. The fourth-order valence-corrected chi connectivity index (χ4v) is 4.85. The van der Waals surface area contributed by atoms with Gasteiger partial charge in [0.2, 0.25) is 0 Å². The van der Waals surface area contributed by atoms with E-state index in [-0.39, 0.29) is 18.4 Å². The number of aliphatic hydroxyl groups is 1. The van der Waals surface area contributed by atoms with Gasteiger partial charge >= 0.3 is 0 Å². The largest absolute Gasteiger partial charge is 0.390 e. The minimum Gasteiger partial charge on any atom is -0.390 e. The zero-order chi connectivity index (χ0) is 14.5. The Bertz CT molecular complexity index is 673. The monoisotopic (exact) mass is 319 g/mol. The van der Waals surface area contributed by atoms with Crippen molar-refractivity contribution in [3.8, 4) is 0 Å². The van der Waals surface area contributed by atoms with Crippen molar-refractivity contribution in [3.05, 3.63) is 34.7 Å². The van der Waals surface area contributed by atoms with Crippen LogP contribution in [-0.2, 0) is 6.61 Å². The van der Waals surface area contributed by atoms with Crippen LogP contribution >= 0.6 is 22.2 Å². The number of hydrogen-bond acceptors (Lipinski definition) is 3. The second-order valence-electron chi connectivity index (χ2n) is 5.10. The van der Waals surface area contributed by atoms with E-state index >= 15 is 0 Å². The molecule has 1 saturated heterocycles. The van der Waals surface area contributed by atoms with Crippen molar-refractivity contribution in [1.82, 2.24) is 4.57 Å². The molecular weight excluding hydrogens is 305 g/mol. The van der Waals surface area contributed by atoms with Crippen LogP contribution in [0.3, 0.4) is 0 Å². The molecule has 1 unspecified atom stereocenters. The Morgan fingerprint density at radius 2 is 2.10 bits per heavy atom. The second-order valence-corrected chi connectivity index (χ2v) is 7.89. The Hall–Kier alpha value is -0.790. The van der Waals surface area contributed by atoms with Gasteiger partial charge in [-0.3, -0.25) is 9.11 Å². The summed E-state index contributed by atoms with van der Waals surface area (Å²) in [5.74, 6) is 0.0547. The van der Waals surface area contributed by atoms with Gasteiger partial charge < -0.3 is 9.67 Å². The highest BCUT2D eigenvalue weighted by Crippen LogP contribution is 2.51. The van der Waals surface area contributed by atoms with Crippen molar-refractivity contribution in [2.75, 3.05) is 11.5 Å². The number of aliphatic hydroxyl groups excluding tert-OH is 1. The molecule has 110 valence electrons. The van der Waals surface area contributed by atoms with Crippen molar-refractivity contribution >= 4 is 33.1 Å². The number of rotatable bonds is 2. The minimum atomic E-state index is -2.59. The van der Waals surface area contributed by atoms with Crippen LogP contribution in [0.1, 0.15) is 18.2 Å². The van der Waals surface area contributed by atoms with Crippen molar-refractivity contribution in [3.63, 3.8) is 0 Å². The summed E-state index contributed by atoms with van der Waals surface area (Å²) in [5, 5.41) is 10.4. The maximum absolute atomic E-state index is 14.2. The van der Waals surface area contributed by atoms with Crippen LogP contribution in [0.5, 0.6) is 0 Å². The van der Waals surface area contributed by atoms with E-state index in [9.17, 15) is 18.6 Å². The summed E-state index contributed by atoms with van der Waals surface area (Å²) < 4.78 is 35.4. The first-order valence-corrected chi connectivity index (χ1v) is 8.51. The lowest BCUT2D eigenvalue weighted by Gasteiger charge is -2.26. The summed E-state index contributed by atoms with van der Waals surface area (Å²) in [7, 11) is -2.59. The zero-order valence-corrected chi connectivity index (χ0v) is 12.2. The van der Waals surface area contributed by atoms with Crippen LogP contribution in [0.4, 0.5) is 4.39 Å². The van der Waals surface area contributed by atoms with E-state index in [0.717, 1.165) is 0 Å². The van der Waals surface area contributed by atoms with E-state index in [2.05, 4.69) is 0 Å². The number of fused-ring (bicyclic) bond motifs is 1. The van der Waals surface area contributed by atoms with Gasteiger partial charge in [-0.25, -0.2) is 4.39 Å². The van der Waals surface area contributed by atoms with E-state index < -0.39 is 16.4 Å². The van der Waals surface area contributed by atoms with Crippen LogP contribution in [0.2, 0.25) is 5.02 Å². The van der Waals surface area contributed by atoms with Crippen molar-refractivity contribution in [2.45, 2.75) is 19.1 Å². The van der Waals surface area contributed by atoms with E-state index in [4.69, 9.17) is 11.6 Å². The SMILES string of the molecule is OCc1cc2cc(Cl)cc(F)c2n1C1CCS(O)(O)C1. The quantitative estimate of drug-likeness (QED) is 0.792. The van der Waals surface area contributed by atoms with Crippen LogP contribution in [-0.4, -0.2) is 30.3 Å². The number of nitrogens with zero attached hydrogens (tertiary/aromatic N) is 1. The maximum Gasteiger partial charge on any atom is 0.148 e. The highest BCUT2D eigenvalue weighted by Gasteiger charge is 2.32. The molecule has 1 atom stereocenters. The first-order valence-electron chi connectivity index (χ1n) is 6.24. The third kappa shape index (κ3) is 2.31. The predicted molar refractivity (Wildman–Crippen MR) is 79.1 cm³/mol. The Labute approximate surface area is 122 Å². The van der Waals surface area contributed by atoms with E-state index in [1.54, 1.807) is 16.7 Å². The van der Waals surface area contributed by atoms with Gasteiger partial charge in [-0.1, -0.05) is 11.6 Å². The first kappa shape index (κ1) is 14.2. The lowest BCUT2D eigenvalue weighted by molar-refractivity contribution is 0.268. The minimum absolute atomic E-state index is 0.200. The van der Waals surface area contributed by atoms with Gasteiger partial charge in [0.25, 0.3) is 0 Å². The van der Waals surface area contributed by atoms with Gasteiger partial charge in [0.1, 0.15) is 5.82 Å². The van der Waals surface area contributed by atoms with Crippen molar-refractivity contribution in [1.29, 1.82) is 0 Å². The van der Waals surface area contributed by atoms with Gasteiger partial charge in [0, 0.05) is 21.9 Å². The Morgan fingerprint density at radius 3 is 2.70 bits per heavy atom. The van der Waals surface area contributed by atoms with Gasteiger partial charge in [-0.15, -0.1) is 0 Å². The number of hydrogen-bond donors (Lipinski definition) is 3. The normalized spacial score (nSPS) is 23.4. The average molecular weight is 320 g/mol. The van der Waals surface area contributed by atoms with Gasteiger partial charge in [0.15, 0.2) is 0 Å². The fraction of sp³-hybridized carbons (Fsp3) is 0.385. The highest BCUT2D eigenvalue weighted by atomic mass is 35.5. The van der Waals surface area contributed by atoms with Crippen LogP contribution in [0.25, 0.3) is 10.9 Å². The van der Waals surface area contributed by atoms with Crippen molar-refractivity contribution in [2.24, 2.45) is 0 Å². The van der Waals surface area contributed by atoms with E-state index in [0.29, 0.717) is 33.8 Å². The van der Waals surface area contributed by atoms with Crippen molar-refractivity contribution < 1.29 is 18.6 Å². The summed E-state index contributed by atoms with van der Waals surface area (Å²) in [6.07, 6.45) is 0.557. The molecule has 0 saturated carbocycles. The lowest BCUT2D eigenvalue weighted by atomic mass is 10.2. The molecule has 0 bridgehead atoms. The third-order valence-corrected chi connectivity index (χ3v) is 5.72. The molecule has 3 N–H and O–H groups in total. The average Bonchev–Trinajstić information content (AvgIpc) is 2.88. The molecule has 7 heteroatoms. The topological polar surface area (TPSA) is 65.6 Å². The lowest BCUT2D eigenvalue weighted by Crippen LogP contribution is -2.13. The predicted octanol–water partition coefficient (Wildman–Crippen LogP) is 3.62. The Kier molecular flexibility index (Phi) is 3.46. The van der Waals surface area contributed by atoms with Gasteiger partial charge in [-0.05, 0) is 24.6 Å². The molecule has 0 aliphatic carbocycles. The van der Waals surface area contributed by atoms with Gasteiger partial charge in [-0.2, -0.15) is 10.6 Å². The highest BCUT2D eigenvalue weighted by molar-refractivity contribution is 8.24. The van der Waals surface area contributed by atoms with E-state index in [1.807, 2.05) is 0 Å². The molecule has 1 aliphatic rings. The third-order valence-electron chi connectivity index (χ3n) is 3.69. The van der Waals surface area contributed by atoms with Crippen LogP contribution in [0.15, 0.2) is 18.2 Å². The Balaban J connectivity index is 2.18. The zero-order valence-electron chi connectivity index (χ0n) is 10.6. The fourth-order valence-electron chi connectivity index (χ4n) is 2.88. The molecular formula is C13H15ClFNO3S. The second kappa shape index (κ2) is 4.89. The van der Waals surface area contributed by atoms with E-state index in [1.165, 1.54) is 6.07 Å². The molecule has 2 heterocycles. The molecule has 0 amide bonds. The summed E-state index contributed by atoms with van der Waals surface area (Å²) in [5.41, 5.74) is 0.920.